The molecule has 0 fully saturated rings. The van der Waals surface area contributed by atoms with Crippen LogP contribution in [0.1, 0.15) is 38.5 Å². The molecule has 0 spiro atoms. The molecular formula is C19H25ClN2O3. The van der Waals surface area contributed by atoms with Gasteiger partial charge in [-0.25, -0.2) is 4.79 Å². The van der Waals surface area contributed by atoms with Crippen LogP contribution in [0.4, 0.5) is 10.5 Å². The molecule has 0 unspecified atom stereocenters. The number of hydrogen-bond donors (Lipinski definition) is 1. The summed E-state index contributed by atoms with van der Waals surface area (Å²) in [6, 6.07) is 6.78. The first-order chi connectivity index (χ1) is 12.1. The molecule has 0 atom stereocenters. The van der Waals surface area contributed by atoms with Crippen LogP contribution in [0.15, 0.2) is 35.9 Å². The van der Waals surface area contributed by atoms with Gasteiger partial charge in [-0.05, 0) is 50.3 Å². The lowest BCUT2D eigenvalue weighted by atomic mass is 9.97. The minimum absolute atomic E-state index is 0.179. The van der Waals surface area contributed by atoms with Crippen molar-refractivity contribution in [3.05, 3.63) is 40.9 Å². The van der Waals surface area contributed by atoms with Gasteiger partial charge in [0.25, 0.3) is 0 Å². The molecular weight excluding hydrogens is 340 g/mol. The van der Waals surface area contributed by atoms with E-state index in [1.165, 1.54) is 25.5 Å². The van der Waals surface area contributed by atoms with Crippen molar-refractivity contribution < 1.29 is 14.3 Å². The molecule has 1 aromatic carbocycles. The minimum atomic E-state index is -0.322. The number of benzene rings is 1. The van der Waals surface area contributed by atoms with Crippen molar-refractivity contribution in [1.82, 2.24) is 4.90 Å². The molecule has 1 N–H and O–H groups in total. The third kappa shape index (κ3) is 6.78. The monoisotopic (exact) mass is 364 g/mol. The average molecular weight is 365 g/mol. The lowest BCUT2D eigenvalue weighted by molar-refractivity contribution is -0.140. The highest BCUT2D eigenvalue weighted by Gasteiger charge is 2.16. The molecule has 1 aromatic rings. The van der Waals surface area contributed by atoms with Crippen molar-refractivity contribution in [3.8, 4) is 0 Å². The smallest absolute Gasteiger partial charge is 0.321 e. The number of nitrogens with one attached hydrogen (secondary N) is 1. The lowest BCUT2D eigenvalue weighted by Gasteiger charge is -2.24. The molecule has 2 amide bonds. The summed E-state index contributed by atoms with van der Waals surface area (Å²) >= 11 is 5.96. The molecule has 2 rings (SSSR count). The van der Waals surface area contributed by atoms with E-state index in [9.17, 15) is 9.59 Å². The number of halogens is 1. The van der Waals surface area contributed by atoms with E-state index in [-0.39, 0.29) is 18.4 Å². The summed E-state index contributed by atoms with van der Waals surface area (Å²) in [5.41, 5.74) is 2.03. The molecule has 25 heavy (non-hydrogen) atoms. The van der Waals surface area contributed by atoms with Crippen LogP contribution in [0.3, 0.4) is 0 Å². The number of carbonyl (C=O) groups is 2. The second kappa shape index (κ2) is 10.1. The molecule has 136 valence electrons. The Morgan fingerprint density at radius 1 is 1.28 bits per heavy atom. The number of esters is 1. The van der Waals surface area contributed by atoms with Crippen LogP contribution < -0.4 is 5.32 Å². The molecule has 0 aliphatic heterocycles. The van der Waals surface area contributed by atoms with Gasteiger partial charge in [-0.1, -0.05) is 29.3 Å². The molecule has 0 saturated heterocycles. The van der Waals surface area contributed by atoms with Crippen LogP contribution in [0, 0.1) is 0 Å². The largest absolute Gasteiger partial charge is 0.469 e. The zero-order valence-electron chi connectivity index (χ0n) is 14.6. The van der Waals surface area contributed by atoms with Crippen LogP contribution in [0.25, 0.3) is 0 Å². The SMILES string of the molecule is COC(=O)CCN(CCC1=CCCCC1)C(=O)Nc1cccc(Cl)c1. The van der Waals surface area contributed by atoms with Gasteiger partial charge >= 0.3 is 12.0 Å². The summed E-state index contributed by atoms with van der Waals surface area (Å²) < 4.78 is 4.68. The van der Waals surface area contributed by atoms with Crippen LogP contribution in [0.2, 0.25) is 5.02 Å². The summed E-state index contributed by atoms with van der Waals surface area (Å²) in [4.78, 5) is 25.7. The van der Waals surface area contributed by atoms with Gasteiger partial charge in [-0.2, -0.15) is 0 Å². The number of hydrogen-bond acceptors (Lipinski definition) is 3. The summed E-state index contributed by atoms with van der Waals surface area (Å²) in [5, 5.41) is 3.40. The molecule has 6 heteroatoms. The normalized spacial score (nSPS) is 13.8. The number of urea groups is 1. The van der Waals surface area contributed by atoms with Crippen LogP contribution in [0.5, 0.6) is 0 Å². The zero-order valence-corrected chi connectivity index (χ0v) is 15.3. The average Bonchev–Trinajstić information content (AvgIpc) is 2.62. The Bertz CT molecular complexity index is 631. The highest BCUT2D eigenvalue weighted by atomic mass is 35.5. The molecule has 0 radical (unpaired) electrons. The van der Waals surface area contributed by atoms with Gasteiger partial charge in [0.05, 0.1) is 13.5 Å². The van der Waals surface area contributed by atoms with Crippen molar-refractivity contribution in [2.45, 2.75) is 38.5 Å². The minimum Gasteiger partial charge on any atom is -0.469 e. The first kappa shape index (κ1) is 19.3. The molecule has 1 aliphatic carbocycles. The Balaban J connectivity index is 1.97. The molecule has 0 saturated carbocycles. The van der Waals surface area contributed by atoms with E-state index in [0.29, 0.717) is 23.8 Å². The van der Waals surface area contributed by atoms with Gasteiger partial charge in [0, 0.05) is 23.8 Å². The van der Waals surface area contributed by atoms with Gasteiger partial charge in [0.15, 0.2) is 0 Å². The fourth-order valence-corrected chi connectivity index (χ4v) is 3.01. The van der Waals surface area contributed by atoms with Gasteiger partial charge in [-0.15, -0.1) is 0 Å². The third-order valence-electron chi connectivity index (χ3n) is 4.26. The predicted octanol–water partition coefficient (Wildman–Crippen LogP) is 4.63. The highest BCUT2D eigenvalue weighted by Crippen LogP contribution is 2.21. The van der Waals surface area contributed by atoms with Crippen molar-refractivity contribution in [1.29, 1.82) is 0 Å². The molecule has 0 bridgehead atoms. The van der Waals surface area contributed by atoms with Crippen LogP contribution >= 0.6 is 11.6 Å². The maximum absolute atomic E-state index is 12.6. The Hall–Kier alpha value is -2.01. The number of methoxy groups -OCH3 is 1. The van der Waals surface area contributed by atoms with Crippen molar-refractivity contribution in [2.24, 2.45) is 0 Å². The highest BCUT2D eigenvalue weighted by molar-refractivity contribution is 6.30. The van der Waals surface area contributed by atoms with E-state index in [1.54, 1.807) is 29.2 Å². The fourth-order valence-electron chi connectivity index (χ4n) is 2.82. The van der Waals surface area contributed by atoms with E-state index < -0.39 is 0 Å². The van der Waals surface area contributed by atoms with Crippen molar-refractivity contribution in [3.63, 3.8) is 0 Å². The summed E-state index contributed by atoms with van der Waals surface area (Å²) in [5.74, 6) is -0.322. The zero-order chi connectivity index (χ0) is 18.1. The Morgan fingerprint density at radius 2 is 2.12 bits per heavy atom. The summed E-state index contributed by atoms with van der Waals surface area (Å²) in [6.45, 7) is 0.904. The number of anilines is 1. The second-order valence-corrected chi connectivity index (χ2v) is 6.55. The molecule has 1 aliphatic rings. The maximum atomic E-state index is 12.6. The van der Waals surface area contributed by atoms with Gasteiger partial charge in [0.2, 0.25) is 0 Å². The Kier molecular flexibility index (Phi) is 7.79. The van der Waals surface area contributed by atoms with Crippen LogP contribution in [-0.2, 0) is 9.53 Å². The maximum Gasteiger partial charge on any atom is 0.321 e. The predicted molar refractivity (Wildman–Crippen MR) is 99.8 cm³/mol. The summed E-state index contributed by atoms with van der Waals surface area (Å²) in [7, 11) is 1.35. The lowest BCUT2D eigenvalue weighted by Crippen LogP contribution is -2.37. The molecule has 0 heterocycles. The van der Waals surface area contributed by atoms with Crippen molar-refractivity contribution in [2.75, 3.05) is 25.5 Å². The van der Waals surface area contributed by atoms with Gasteiger partial charge in [-0.3, -0.25) is 4.79 Å². The number of nitrogens with zero attached hydrogens (tertiary/aromatic N) is 1. The number of carbonyl (C=O) groups excluding carboxylic acids is 2. The van der Waals surface area contributed by atoms with Gasteiger partial charge in [0.1, 0.15) is 0 Å². The van der Waals surface area contributed by atoms with Crippen molar-refractivity contribution >= 4 is 29.3 Å². The van der Waals surface area contributed by atoms with Gasteiger partial charge < -0.3 is 15.0 Å². The first-order valence-corrected chi connectivity index (χ1v) is 9.02. The first-order valence-electron chi connectivity index (χ1n) is 8.64. The topological polar surface area (TPSA) is 58.6 Å². The number of allylic oxidation sites excluding steroid dienone is 1. The second-order valence-electron chi connectivity index (χ2n) is 6.11. The number of amides is 2. The van der Waals surface area contributed by atoms with E-state index >= 15 is 0 Å². The quantitative estimate of drug-likeness (QED) is 0.567. The van der Waals surface area contributed by atoms with E-state index in [1.807, 2.05) is 0 Å². The molecule has 0 aromatic heterocycles. The number of ether oxygens (including phenoxy) is 1. The Morgan fingerprint density at radius 3 is 2.80 bits per heavy atom. The standard InChI is InChI=1S/C19H25ClN2O3/c1-25-18(23)11-13-22(12-10-15-6-3-2-4-7-15)19(24)21-17-9-5-8-16(20)14-17/h5-6,8-9,14H,2-4,7,10-13H2,1H3,(H,21,24). The van der Waals surface area contributed by atoms with Crippen LogP contribution in [-0.4, -0.2) is 37.1 Å². The van der Waals surface area contributed by atoms with E-state index in [2.05, 4.69) is 16.1 Å². The van der Waals surface area contributed by atoms with E-state index in [0.717, 1.165) is 19.3 Å². The summed E-state index contributed by atoms with van der Waals surface area (Å²) in [6.07, 6.45) is 7.96. The number of rotatable bonds is 7. The van der Waals surface area contributed by atoms with E-state index in [4.69, 9.17) is 11.6 Å². The fraction of sp³-hybridized carbons (Fsp3) is 0.474. The molecule has 5 nitrogen and oxygen atoms in total. The third-order valence-corrected chi connectivity index (χ3v) is 4.50. The Labute approximate surface area is 154 Å².